The van der Waals surface area contributed by atoms with Crippen LogP contribution >= 0.6 is 11.3 Å². The molecule has 0 bridgehead atoms. The molecule has 126 valence electrons. The Balaban J connectivity index is 1.64. The average Bonchev–Trinajstić information content (AvgIpc) is 3.25. The van der Waals surface area contributed by atoms with E-state index in [1.54, 1.807) is 22.1 Å². The van der Waals surface area contributed by atoms with Gasteiger partial charge in [0, 0.05) is 25.7 Å². The number of hydrogen-bond acceptors (Lipinski definition) is 4. The van der Waals surface area contributed by atoms with Gasteiger partial charge in [0.25, 0.3) is 5.91 Å². The van der Waals surface area contributed by atoms with E-state index in [0.717, 1.165) is 48.7 Å². The van der Waals surface area contributed by atoms with Crippen LogP contribution in [0.5, 0.6) is 0 Å². The minimum absolute atomic E-state index is 0.143. The van der Waals surface area contributed by atoms with Gasteiger partial charge in [0.05, 0.1) is 4.88 Å². The Morgan fingerprint density at radius 1 is 1.29 bits per heavy atom. The van der Waals surface area contributed by atoms with E-state index in [1.807, 2.05) is 23.3 Å². The summed E-state index contributed by atoms with van der Waals surface area (Å²) in [5.41, 5.74) is 3.38. The predicted molar refractivity (Wildman–Crippen MR) is 96.1 cm³/mol. The number of carbonyl (C=O) groups is 1. The van der Waals surface area contributed by atoms with Gasteiger partial charge < -0.3 is 0 Å². The number of unbranched alkanes of at least 4 members (excludes halogenated alkanes) is 1. The monoisotopic (exact) mass is 342 g/mol. The number of aromatic nitrogens is 2. The average molecular weight is 342 g/mol. The molecule has 1 fully saturated rings. The molecule has 3 rings (SSSR count). The summed E-state index contributed by atoms with van der Waals surface area (Å²) in [4.78, 5) is 13.3. The lowest BCUT2D eigenvalue weighted by Gasteiger charge is -2.26. The van der Waals surface area contributed by atoms with Gasteiger partial charge in [-0.05, 0) is 37.5 Å². The van der Waals surface area contributed by atoms with Crippen LogP contribution in [0, 0.1) is 11.8 Å². The van der Waals surface area contributed by atoms with Gasteiger partial charge in [-0.1, -0.05) is 25.2 Å². The standard InChI is InChI=1S/C18H22N4OS/c1-2-3-5-8-15-9-10-17(24-15)22-14-11-16(19-22)18(23)20-21-12-6-4-7-13-21/h9-11,14H,2-4,6-7,12-13H2,1H3,(H,20,23). The zero-order chi connectivity index (χ0) is 16.8. The highest BCUT2D eigenvalue weighted by Gasteiger charge is 2.16. The van der Waals surface area contributed by atoms with Gasteiger partial charge in [-0.2, -0.15) is 5.10 Å². The number of rotatable bonds is 4. The number of piperidine rings is 1. The highest BCUT2D eigenvalue weighted by atomic mass is 32.1. The molecule has 1 aliphatic heterocycles. The number of hydrogen-bond donors (Lipinski definition) is 1. The van der Waals surface area contributed by atoms with Crippen molar-refractivity contribution in [2.45, 2.75) is 39.0 Å². The second kappa shape index (κ2) is 8.13. The summed E-state index contributed by atoms with van der Waals surface area (Å²) in [6.45, 7) is 3.95. The van der Waals surface area contributed by atoms with E-state index < -0.39 is 0 Å². The zero-order valence-electron chi connectivity index (χ0n) is 13.9. The first-order valence-corrected chi connectivity index (χ1v) is 9.28. The first kappa shape index (κ1) is 16.7. The molecule has 1 saturated heterocycles. The van der Waals surface area contributed by atoms with Crippen LogP contribution < -0.4 is 5.43 Å². The maximum absolute atomic E-state index is 12.3. The quantitative estimate of drug-likeness (QED) is 0.868. The van der Waals surface area contributed by atoms with Crippen molar-refractivity contribution in [3.63, 3.8) is 0 Å². The number of thiophene rings is 1. The summed E-state index contributed by atoms with van der Waals surface area (Å²) in [5.74, 6) is 6.16. The van der Waals surface area contributed by atoms with Crippen LogP contribution in [-0.4, -0.2) is 33.8 Å². The van der Waals surface area contributed by atoms with Crippen molar-refractivity contribution in [2.24, 2.45) is 0 Å². The number of amides is 1. The van der Waals surface area contributed by atoms with Gasteiger partial charge in [-0.3, -0.25) is 10.2 Å². The molecule has 0 saturated carbocycles. The molecule has 1 N–H and O–H groups in total. The summed E-state index contributed by atoms with van der Waals surface area (Å²) < 4.78 is 1.74. The van der Waals surface area contributed by atoms with Crippen molar-refractivity contribution in [3.8, 4) is 16.8 Å². The van der Waals surface area contributed by atoms with Crippen LogP contribution in [0.4, 0.5) is 0 Å². The van der Waals surface area contributed by atoms with Gasteiger partial charge in [0.2, 0.25) is 0 Å². The molecule has 0 radical (unpaired) electrons. The first-order chi connectivity index (χ1) is 11.8. The molecule has 0 unspecified atom stereocenters. The fourth-order valence-electron chi connectivity index (χ4n) is 2.57. The molecule has 5 nitrogen and oxygen atoms in total. The summed E-state index contributed by atoms with van der Waals surface area (Å²) in [6.07, 6.45) is 7.30. The third kappa shape index (κ3) is 4.25. The van der Waals surface area contributed by atoms with Crippen LogP contribution in [0.2, 0.25) is 0 Å². The van der Waals surface area contributed by atoms with E-state index in [0.29, 0.717) is 5.69 Å². The van der Waals surface area contributed by atoms with E-state index in [1.165, 1.54) is 6.42 Å². The molecule has 1 amide bonds. The maximum atomic E-state index is 12.3. The Labute approximate surface area is 146 Å². The summed E-state index contributed by atoms with van der Waals surface area (Å²) in [5, 5.41) is 7.35. The predicted octanol–water partition coefficient (Wildman–Crippen LogP) is 3.22. The molecule has 0 spiro atoms. The van der Waals surface area contributed by atoms with E-state index in [4.69, 9.17) is 0 Å². The largest absolute Gasteiger partial charge is 0.286 e. The SMILES string of the molecule is CCCC#Cc1ccc(-n2ccc(C(=O)NN3CCCCC3)n2)s1. The third-order valence-electron chi connectivity index (χ3n) is 3.84. The van der Waals surface area contributed by atoms with E-state index >= 15 is 0 Å². The van der Waals surface area contributed by atoms with Crippen LogP contribution in [0.1, 0.15) is 54.4 Å². The summed E-state index contributed by atoms with van der Waals surface area (Å²) in [6, 6.07) is 5.74. The Hall–Kier alpha value is -2.10. The smallest absolute Gasteiger partial charge is 0.283 e. The number of hydrazine groups is 1. The van der Waals surface area contributed by atoms with Gasteiger partial charge in [0.1, 0.15) is 5.00 Å². The van der Waals surface area contributed by atoms with Crippen molar-refractivity contribution in [3.05, 3.63) is 35.0 Å². The number of carbonyl (C=O) groups excluding carboxylic acids is 1. The maximum Gasteiger partial charge on any atom is 0.286 e. The minimum Gasteiger partial charge on any atom is -0.283 e. The van der Waals surface area contributed by atoms with Crippen LogP contribution in [-0.2, 0) is 0 Å². The van der Waals surface area contributed by atoms with Crippen LogP contribution in [0.15, 0.2) is 24.4 Å². The lowest BCUT2D eigenvalue weighted by Crippen LogP contribution is -2.45. The third-order valence-corrected chi connectivity index (χ3v) is 4.83. The second-order valence-corrected chi connectivity index (χ2v) is 6.89. The van der Waals surface area contributed by atoms with Gasteiger partial charge in [0.15, 0.2) is 5.69 Å². The molecule has 2 aromatic rings. The lowest BCUT2D eigenvalue weighted by atomic mass is 10.2. The van der Waals surface area contributed by atoms with E-state index in [2.05, 4.69) is 29.3 Å². The molecule has 0 atom stereocenters. The first-order valence-electron chi connectivity index (χ1n) is 8.47. The second-order valence-electron chi connectivity index (χ2n) is 5.82. The normalized spacial score (nSPS) is 14.9. The Morgan fingerprint density at radius 2 is 2.12 bits per heavy atom. The zero-order valence-corrected chi connectivity index (χ0v) is 14.7. The lowest BCUT2D eigenvalue weighted by molar-refractivity contribution is 0.0744. The van der Waals surface area contributed by atoms with Gasteiger partial charge in [-0.15, -0.1) is 11.3 Å². The Bertz CT molecular complexity index is 746. The van der Waals surface area contributed by atoms with E-state index in [9.17, 15) is 4.79 Å². The van der Waals surface area contributed by atoms with Crippen molar-refractivity contribution in [2.75, 3.05) is 13.1 Å². The topological polar surface area (TPSA) is 50.2 Å². The van der Waals surface area contributed by atoms with Crippen molar-refractivity contribution < 1.29 is 4.79 Å². The Morgan fingerprint density at radius 3 is 2.92 bits per heavy atom. The fourth-order valence-corrected chi connectivity index (χ4v) is 3.38. The molecule has 0 aliphatic carbocycles. The van der Waals surface area contributed by atoms with Crippen LogP contribution in [0.3, 0.4) is 0 Å². The molecule has 24 heavy (non-hydrogen) atoms. The minimum atomic E-state index is -0.143. The summed E-state index contributed by atoms with van der Waals surface area (Å²) in [7, 11) is 0. The number of nitrogens with zero attached hydrogens (tertiary/aromatic N) is 3. The van der Waals surface area contributed by atoms with E-state index in [-0.39, 0.29) is 5.91 Å². The molecule has 0 aromatic carbocycles. The van der Waals surface area contributed by atoms with Crippen molar-refractivity contribution in [1.29, 1.82) is 0 Å². The van der Waals surface area contributed by atoms with Crippen LogP contribution in [0.25, 0.3) is 5.00 Å². The highest BCUT2D eigenvalue weighted by Crippen LogP contribution is 2.19. The molecule has 2 aromatic heterocycles. The van der Waals surface area contributed by atoms with Crippen molar-refractivity contribution in [1.82, 2.24) is 20.2 Å². The Kier molecular flexibility index (Phi) is 5.68. The highest BCUT2D eigenvalue weighted by molar-refractivity contribution is 7.15. The number of nitrogens with one attached hydrogen (secondary N) is 1. The molecule has 3 heterocycles. The molecule has 6 heteroatoms. The molecule has 1 aliphatic rings. The summed E-state index contributed by atoms with van der Waals surface area (Å²) >= 11 is 1.58. The van der Waals surface area contributed by atoms with Gasteiger partial charge >= 0.3 is 0 Å². The molecular formula is C18H22N4OS. The van der Waals surface area contributed by atoms with Gasteiger partial charge in [-0.25, -0.2) is 9.69 Å². The fraction of sp³-hybridized carbons (Fsp3) is 0.444. The molecular weight excluding hydrogens is 320 g/mol. The van der Waals surface area contributed by atoms with Crippen molar-refractivity contribution >= 4 is 17.2 Å².